The minimum Gasteiger partial charge on any atom is -0.511 e. The first-order valence-electron chi connectivity index (χ1n) is 7.25. The van der Waals surface area contributed by atoms with Gasteiger partial charge in [0.1, 0.15) is 18.3 Å². The van der Waals surface area contributed by atoms with Gasteiger partial charge < -0.3 is 15.1 Å². The summed E-state index contributed by atoms with van der Waals surface area (Å²) in [7, 11) is 0. The molecule has 0 aliphatic heterocycles. The summed E-state index contributed by atoms with van der Waals surface area (Å²) in [4.78, 5) is 29.1. The topological polar surface area (TPSA) is 96.2 Å². The first kappa shape index (κ1) is 17.9. The molecule has 0 amide bonds. The molecule has 0 aromatic heterocycles. The van der Waals surface area contributed by atoms with Gasteiger partial charge in [0, 0.05) is 6.42 Å². The molecule has 0 bridgehead atoms. The lowest BCUT2D eigenvalue weighted by Gasteiger charge is -2.35. The van der Waals surface area contributed by atoms with E-state index in [4.69, 9.17) is 4.84 Å². The quantitative estimate of drug-likeness (QED) is 0.248. The maximum absolute atomic E-state index is 12.6. The summed E-state index contributed by atoms with van der Waals surface area (Å²) in [6, 6.07) is 0. The molecule has 122 valence electrons. The normalized spacial score (nSPS) is 21.7. The number of rotatable bonds is 7. The van der Waals surface area contributed by atoms with E-state index in [0.717, 1.165) is 0 Å². The zero-order valence-corrected chi connectivity index (χ0v) is 13.3. The van der Waals surface area contributed by atoms with Crippen molar-refractivity contribution in [3.8, 4) is 0 Å². The highest BCUT2D eigenvalue weighted by Crippen LogP contribution is 2.41. The van der Waals surface area contributed by atoms with Crippen LogP contribution in [-0.4, -0.2) is 34.3 Å². The van der Waals surface area contributed by atoms with Crippen LogP contribution in [0.1, 0.15) is 40.0 Å². The van der Waals surface area contributed by atoms with Crippen LogP contribution in [0, 0.1) is 11.3 Å². The molecule has 1 rings (SSSR count). The van der Waals surface area contributed by atoms with Gasteiger partial charge in [0.25, 0.3) is 0 Å². The Morgan fingerprint density at radius 3 is 2.68 bits per heavy atom. The maximum atomic E-state index is 12.6. The number of aliphatic carboxylic acids is 1. The Labute approximate surface area is 130 Å². The maximum Gasteiger partial charge on any atom is 0.314 e. The number of carboxylic acids is 1. The lowest BCUT2D eigenvalue weighted by atomic mass is 9.67. The number of carbonyl (C=O) groups excluding carboxylic acids is 1. The molecule has 0 heterocycles. The van der Waals surface area contributed by atoms with Gasteiger partial charge in [-0.05, 0) is 11.8 Å². The highest BCUT2D eigenvalue weighted by molar-refractivity contribution is 6.27. The molecule has 6 heteroatoms. The molecule has 1 aliphatic rings. The fourth-order valence-corrected chi connectivity index (χ4v) is 2.64. The fraction of sp³-hybridized carbons (Fsp3) is 0.562. The van der Waals surface area contributed by atoms with Crippen LogP contribution in [0.2, 0.25) is 0 Å². The van der Waals surface area contributed by atoms with Gasteiger partial charge in [-0.25, -0.2) is 0 Å². The number of aliphatic hydroxyl groups is 1. The molecule has 0 saturated heterocycles. The van der Waals surface area contributed by atoms with Gasteiger partial charge in [0.15, 0.2) is 5.78 Å². The van der Waals surface area contributed by atoms with E-state index in [1.165, 1.54) is 6.08 Å². The third kappa shape index (κ3) is 3.75. The highest BCUT2D eigenvalue weighted by atomic mass is 16.6. The van der Waals surface area contributed by atoms with Crippen LogP contribution in [0.3, 0.4) is 0 Å². The number of Topliss-reactive ketones (excluding diaryl/α,β-unsaturated/α-hetero) is 1. The van der Waals surface area contributed by atoms with E-state index >= 15 is 0 Å². The minimum atomic E-state index is -1.21. The molecule has 1 unspecified atom stereocenters. The van der Waals surface area contributed by atoms with Crippen LogP contribution < -0.4 is 0 Å². The van der Waals surface area contributed by atoms with E-state index in [-0.39, 0.29) is 30.1 Å². The fourth-order valence-electron chi connectivity index (χ4n) is 2.64. The Kier molecular flexibility index (Phi) is 5.91. The van der Waals surface area contributed by atoms with E-state index in [2.05, 4.69) is 11.7 Å². The number of ketones is 1. The van der Waals surface area contributed by atoms with E-state index in [1.807, 2.05) is 6.92 Å². The second-order valence-electron chi connectivity index (χ2n) is 5.99. The zero-order chi connectivity index (χ0) is 16.9. The van der Waals surface area contributed by atoms with Crippen LogP contribution in [0.4, 0.5) is 0 Å². The Morgan fingerprint density at radius 2 is 2.18 bits per heavy atom. The van der Waals surface area contributed by atoms with Crippen molar-refractivity contribution in [2.24, 2.45) is 16.5 Å². The van der Waals surface area contributed by atoms with Crippen molar-refractivity contribution in [3.05, 3.63) is 24.0 Å². The number of hydrogen-bond acceptors (Lipinski definition) is 5. The minimum absolute atomic E-state index is 0.0161. The first-order valence-corrected chi connectivity index (χ1v) is 7.25. The third-order valence-electron chi connectivity index (χ3n) is 3.59. The van der Waals surface area contributed by atoms with Crippen LogP contribution in [0.25, 0.3) is 0 Å². The van der Waals surface area contributed by atoms with Gasteiger partial charge in [-0.1, -0.05) is 45.0 Å². The lowest BCUT2D eigenvalue weighted by molar-refractivity contribution is -0.150. The summed E-state index contributed by atoms with van der Waals surface area (Å²) in [6.07, 6.45) is 2.71. The van der Waals surface area contributed by atoms with Crippen LogP contribution >= 0.6 is 0 Å². The summed E-state index contributed by atoms with van der Waals surface area (Å²) >= 11 is 0. The van der Waals surface area contributed by atoms with Crippen LogP contribution in [0.15, 0.2) is 29.1 Å². The average molecular weight is 309 g/mol. The summed E-state index contributed by atoms with van der Waals surface area (Å²) < 4.78 is 0. The Hall–Kier alpha value is -2.11. The highest BCUT2D eigenvalue weighted by Gasteiger charge is 2.48. The monoisotopic (exact) mass is 309 g/mol. The van der Waals surface area contributed by atoms with E-state index in [1.54, 1.807) is 13.8 Å². The van der Waals surface area contributed by atoms with Gasteiger partial charge in [0.05, 0.1) is 11.3 Å². The van der Waals surface area contributed by atoms with Crippen molar-refractivity contribution < 1.29 is 24.6 Å². The number of aliphatic hydroxyl groups excluding tert-OH is 1. The summed E-state index contributed by atoms with van der Waals surface area (Å²) in [5.74, 6) is -3.14. The lowest BCUT2D eigenvalue weighted by Crippen LogP contribution is -2.43. The molecule has 2 N–H and O–H groups in total. The van der Waals surface area contributed by atoms with Crippen molar-refractivity contribution in [2.45, 2.75) is 40.0 Å². The molecule has 1 atom stereocenters. The van der Waals surface area contributed by atoms with Gasteiger partial charge in [0.2, 0.25) is 0 Å². The largest absolute Gasteiger partial charge is 0.511 e. The molecule has 0 spiro atoms. The molecule has 0 saturated carbocycles. The predicted molar refractivity (Wildman–Crippen MR) is 82.7 cm³/mol. The SMILES string of the molecule is C=CCO/N=C(\CCC)C1=C(O)CC(C)(C)C(C(=O)O)C1=O. The number of carboxylic acid groups (broad SMARTS) is 1. The molecule has 0 aromatic rings. The van der Waals surface area contributed by atoms with Gasteiger partial charge in [-0.2, -0.15) is 0 Å². The molecule has 0 fully saturated rings. The number of allylic oxidation sites excluding steroid dienone is 2. The molecule has 0 aromatic carbocycles. The number of carbonyl (C=O) groups is 2. The number of nitrogens with zero attached hydrogens (tertiary/aromatic N) is 1. The Balaban J connectivity index is 3.28. The molecule has 0 radical (unpaired) electrons. The van der Waals surface area contributed by atoms with E-state index in [9.17, 15) is 19.8 Å². The van der Waals surface area contributed by atoms with Crippen molar-refractivity contribution in [3.63, 3.8) is 0 Å². The number of oxime groups is 1. The Bertz CT molecular complexity index is 531. The van der Waals surface area contributed by atoms with Crippen molar-refractivity contribution >= 4 is 17.5 Å². The summed E-state index contributed by atoms with van der Waals surface area (Å²) in [5.41, 5.74) is -0.582. The Morgan fingerprint density at radius 1 is 1.55 bits per heavy atom. The predicted octanol–water partition coefficient (Wildman–Crippen LogP) is 2.86. The van der Waals surface area contributed by atoms with Gasteiger partial charge in [-0.15, -0.1) is 0 Å². The molecule has 22 heavy (non-hydrogen) atoms. The standard InChI is InChI=1S/C16H23NO5/c1-5-7-10(17-22-8-6-2)12-11(18)9-16(3,4)13(14(12)19)15(20)21/h6,13,18H,2,5,7-9H2,1,3-4H3,(H,20,21)/b17-10+. The van der Waals surface area contributed by atoms with Crippen molar-refractivity contribution in [1.82, 2.24) is 0 Å². The number of hydrogen-bond donors (Lipinski definition) is 2. The smallest absolute Gasteiger partial charge is 0.314 e. The van der Waals surface area contributed by atoms with E-state index < -0.39 is 23.1 Å². The first-order chi connectivity index (χ1) is 10.3. The molecule has 1 aliphatic carbocycles. The van der Waals surface area contributed by atoms with Gasteiger partial charge >= 0.3 is 5.97 Å². The van der Waals surface area contributed by atoms with E-state index in [0.29, 0.717) is 12.8 Å². The third-order valence-corrected chi connectivity index (χ3v) is 3.59. The van der Waals surface area contributed by atoms with Crippen LogP contribution in [0.5, 0.6) is 0 Å². The summed E-state index contributed by atoms with van der Waals surface area (Å²) in [6.45, 7) is 8.87. The summed E-state index contributed by atoms with van der Waals surface area (Å²) in [5, 5.41) is 23.5. The second kappa shape index (κ2) is 7.24. The van der Waals surface area contributed by atoms with Crippen LogP contribution in [-0.2, 0) is 14.4 Å². The second-order valence-corrected chi connectivity index (χ2v) is 5.99. The molecular weight excluding hydrogens is 286 g/mol. The average Bonchev–Trinajstić information content (AvgIpc) is 2.36. The molecule has 6 nitrogen and oxygen atoms in total. The van der Waals surface area contributed by atoms with Gasteiger partial charge in [-0.3, -0.25) is 9.59 Å². The molecular formula is C16H23NO5. The van der Waals surface area contributed by atoms with Crippen molar-refractivity contribution in [2.75, 3.05) is 6.61 Å². The van der Waals surface area contributed by atoms with Crippen molar-refractivity contribution in [1.29, 1.82) is 0 Å². The zero-order valence-electron chi connectivity index (χ0n) is 13.3.